The Balaban J connectivity index is 1.62. The van der Waals surface area contributed by atoms with E-state index >= 15 is 0 Å². The van der Waals surface area contributed by atoms with Crippen molar-refractivity contribution in [3.63, 3.8) is 0 Å². The standard InChI is InChI=1S/C25H26ClNO6/c1-14-9-16(27-17(13-28)10-15-7-5-4-6-8-15)11-20(29)25(14)24(30)21-18(31-2)12-19(32-3)22(26)23(21)33-25/h4-8,11-12,14,17,27-28H,9-10,13H2,1-3H3/t14-,17?,25+/m1/s1. The van der Waals surface area contributed by atoms with Crippen LogP contribution < -0.4 is 19.5 Å². The van der Waals surface area contributed by atoms with E-state index in [1.807, 2.05) is 30.3 Å². The first kappa shape index (κ1) is 23.1. The molecule has 7 nitrogen and oxygen atoms in total. The number of nitrogens with one attached hydrogen (secondary N) is 1. The van der Waals surface area contributed by atoms with Gasteiger partial charge < -0.3 is 24.6 Å². The van der Waals surface area contributed by atoms with Crippen molar-refractivity contribution in [1.29, 1.82) is 0 Å². The largest absolute Gasteiger partial charge is 0.496 e. The third kappa shape index (κ3) is 3.85. The number of allylic oxidation sites excluding steroid dienone is 1. The van der Waals surface area contributed by atoms with Gasteiger partial charge in [-0.15, -0.1) is 0 Å². The monoisotopic (exact) mass is 471 g/mol. The number of ether oxygens (including phenoxy) is 3. The van der Waals surface area contributed by atoms with Crippen molar-refractivity contribution < 1.29 is 28.9 Å². The summed E-state index contributed by atoms with van der Waals surface area (Å²) in [5, 5.41) is 13.2. The quantitative estimate of drug-likeness (QED) is 0.598. The molecule has 8 heteroatoms. The number of carbonyl (C=O) groups excluding carboxylic acids is 2. The van der Waals surface area contributed by atoms with Crippen LogP contribution in [0.5, 0.6) is 17.2 Å². The van der Waals surface area contributed by atoms with Crippen LogP contribution in [0.25, 0.3) is 0 Å². The highest BCUT2D eigenvalue weighted by atomic mass is 35.5. The van der Waals surface area contributed by atoms with Crippen molar-refractivity contribution in [2.24, 2.45) is 5.92 Å². The average molecular weight is 472 g/mol. The van der Waals surface area contributed by atoms with Crippen molar-refractivity contribution in [3.8, 4) is 17.2 Å². The smallest absolute Gasteiger partial charge is 0.236 e. The highest BCUT2D eigenvalue weighted by Gasteiger charge is 2.60. The molecule has 1 spiro atoms. The fraction of sp³-hybridized carbons (Fsp3) is 0.360. The summed E-state index contributed by atoms with van der Waals surface area (Å²) < 4.78 is 16.7. The Hall–Kier alpha value is -3.03. The summed E-state index contributed by atoms with van der Waals surface area (Å²) >= 11 is 6.42. The summed E-state index contributed by atoms with van der Waals surface area (Å²) in [6.07, 6.45) is 2.37. The first-order valence-corrected chi connectivity index (χ1v) is 11.1. The molecule has 174 valence electrons. The molecule has 0 amide bonds. The number of halogens is 1. The lowest BCUT2D eigenvalue weighted by atomic mass is 9.74. The Morgan fingerprint density at radius 3 is 2.52 bits per heavy atom. The van der Waals surface area contributed by atoms with Crippen LogP contribution in [0.15, 0.2) is 48.2 Å². The van der Waals surface area contributed by atoms with Crippen LogP contribution in [0.1, 0.15) is 29.3 Å². The van der Waals surface area contributed by atoms with Gasteiger partial charge in [-0.05, 0) is 18.4 Å². The van der Waals surface area contributed by atoms with E-state index in [4.69, 9.17) is 25.8 Å². The molecular formula is C25H26ClNO6. The first-order valence-electron chi connectivity index (χ1n) is 10.7. The van der Waals surface area contributed by atoms with E-state index in [0.29, 0.717) is 18.5 Å². The number of benzene rings is 2. The number of hydrogen-bond acceptors (Lipinski definition) is 7. The van der Waals surface area contributed by atoms with Gasteiger partial charge in [-0.3, -0.25) is 9.59 Å². The van der Waals surface area contributed by atoms with Gasteiger partial charge in [0.25, 0.3) is 0 Å². The number of aliphatic hydroxyl groups excluding tert-OH is 1. The van der Waals surface area contributed by atoms with Gasteiger partial charge in [-0.2, -0.15) is 0 Å². The van der Waals surface area contributed by atoms with E-state index in [-0.39, 0.29) is 40.5 Å². The Bertz CT molecular complexity index is 1120. The summed E-state index contributed by atoms with van der Waals surface area (Å²) in [6.45, 7) is 1.69. The molecule has 33 heavy (non-hydrogen) atoms. The lowest BCUT2D eigenvalue weighted by Crippen LogP contribution is -2.56. The van der Waals surface area contributed by atoms with Crippen LogP contribution in [0, 0.1) is 5.92 Å². The minimum atomic E-state index is -1.72. The van der Waals surface area contributed by atoms with Crippen molar-refractivity contribution in [3.05, 3.63) is 64.3 Å². The normalized spacial score (nSPS) is 22.5. The minimum absolute atomic E-state index is 0.0974. The molecule has 0 aromatic heterocycles. The molecule has 1 aliphatic carbocycles. The number of ketones is 2. The van der Waals surface area contributed by atoms with Gasteiger partial charge in [-0.1, -0.05) is 48.9 Å². The molecule has 1 unspecified atom stereocenters. The fourth-order valence-electron chi connectivity index (χ4n) is 4.55. The van der Waals surface area contributed by atoms with Gasteiger partial charge in [0, 0.05) is 23.8 Å². The van der Waals surface area contributed by atoms with Crippen molar-refractivity contribution in [2.45, 2.75) is 31.4 Å². The molecule has 2 aromatic rings. The molecular weight excluding hydrogens is 446 g/mol. The molecule has 4 rings (SSSR count). The fourth-order valence-corrected chi connectivity index (χ4v) is 4.82. The Morgan fingerprint density at radius 1 is 1.21 bits per heavy atom. The van der Waals surface area contributed by atoms with Gasteiger partial charge in [0.15, 0.2) is 5.75 Å². The first-order chi connectivity index (χ1) is 15.8. The van der Waals surface area contributed by atoms with Crippen LogP contribution in [0.3, 0.4) is 0 Å². The zero-order chi connectivity index (χ0) is 23.8. The van der Waals surface area contributed by atoms with Crippen LogP contribution in [0.2, 0.25) is 5.02 Å². The highest BCUT2D eigenvalue weighted by molar-refractivity contribution is 6.36. The van der Waals surface area contributed by atoms with Gasteiger partial charge in [-0.25, -0.2) is 0 Å². The summed E-state index contributed by atoms with van der Waals surface area (Å²) in [5.74, 6) is -0.810. The maximum Gasteiger partial charge on any atom is 0.236 e. The second-order valence-corrected chi connectivity index (χ2v) is 8.70. The summed E-state index contributed by atoms with van der Waals surface area (Å²) in [4.78, 5) is 26.9. The lowest BCUT2D eigenvalue weighted by Gasteiger charge is -2.36. The van der Waals surface area contributed by atoms with E-state index in [2.05, 4.69) is 5.32 Å². The Labute approximate surface area is 197 Å². The SMILES string of the molecule is COc1cc(OC)c2c(c1Cl)O[C@@]1(C(=O)C=C(NC(CO)Cc3ccccc3)C[C@H]1C)C2=O. The number of Topliss-reactive ketones (excluding diaryl/α,β-unsaturated/α-hetero) is 1. The third-order valence-corrected chi connectivity index (χ3v) is 6.60. The van der Waals surface area contributed by atoms with Gasteiger partial charge >= 0.3 is 0 Å². The van der Waals surface area contributed by atoms with Crippen LogP contribution in [-0.2, 0) is 11.2 Å². The van der Waals surface area contributed by atoms with Gasteiger partial charge in [0.05, 0.1) is 26.9 Å². The van der Waals surface area contributed by atoms with Crippen molar-refractivity contribution in [2.75, 3.05) is 20.8 Å². The Kier molecular flexibility index (Phi) is 6.36. The van der Waals surface area contributed by atoms with E-state index in [9.17, 15) is 14.7 Å². The summed E-state index contributed by atoms with van der Waals surface area (Å²) in [5.41, 5.74) is 0.142. The molecule has 1 aliphatic heterocycles. The van der Waals surface area contributed by atoms with Crippen LogP contribution >= 0.6 is 11.6 Å². The molecule has 0 fully saturated rings. The number of rotatable bonds is 7. The van der Waals surface area contributed by atoms with E-state index in [1.54, 1.807) is 6.92 Å². The summed E-state index contributed by atoms with van der Waals surface area (Å²) in [6, 6.07) is 11.0. The third-order valence-electron chi connectivity index (χ3n) is 6.24. The molecule has 0 saturated heterocycles. The molecule has 0 saturated carbocycles. The average Bonchev–Trinajstić information content (AvgIpc) is 3.13. The zero-order valence-electron chi connectivity index (χ0n) is 18.7. The molecule has 2 aromatic carbocycles. The molecule has 2 aliphatic rings. The highest BCUT2D eigenvalue weighted by Crippen LogP contribution is 2.52. The molecule has 0 bridgehead atoms. The van der Waals surface area contributed by atoms with E-state index < -0.39 is 23.1 Å². The molecule has 0 radical (unpaired) electrons. The number of carbonyl (C=O) groups is 2. The zero-order valence-corrected chi connectivity index (χ0v) is 19.4. The second-order valence-electron chi connectivity index (χ2n) is 8.32. The van der Waals surface area contributed by atoms with Gasteiger partial charge in [0.1, 0.15) is 22.1 Å². The van der Waals surface area contributed by atoms with Crippen molar-refractivity contribution in [1.82, 2.24) is 5.32 Å². The minimum Gasteiger partial charge on any atom is -0.496 e. The topological polar surface area (TPSA) is 94.1 Å². The number of fused-ring (bicyclic) bond motifs is 1. The molecule has 2 N–H and O–H groups in total. The van der Waals surface area contributed by atoms with E-state index in [1.165, 1.54) is 26.4 Å². The second kappa shape index (κ2) is 9.08. The molecule has 1 heterocycles. The summed E-state index contributed by atoms with van der Waals surface area (Å²) in [7, 11) is 2.87. The lowest BCUT2D eigenvalue weighted by molar-refractivity contribution is -0.129. The maximum atomic E-state index is 13.5. The maximum absolute atomic E-state index is 13.5. The number of methoxy groups -OCH3 is 2. The predicted molar refractivity (Wildman–Crippen MR) is 123 cm³/mol. The van der Waals surface area contributed by atoms with Crippen molar-refractivity contribution >= 4 is 23.2 Å². The number of aliphatic hydroxyl groups is 1. The van der Waals surface area contributed by atoms with Crippen LogP contribution in [-0.4, -0.2) is 49.1 Å². The van der Waals surface area contributed by atoms with Gasteiger partial charge in [0.2, 0.25) is 17.2 Å². The molecule has 3 atom stereocenters. The number of hydrogen-bond donors (Lipinski definition) is 2. The van der Waals surface area contributed by atoms with Crippen LogP contribution in [0.4, 0.5) is 0 Å². The Morgan fingerprint density at radius 2 is 1.91 bits per heavy atom. The van der Waals surface area contributed by atoms with E-state index in [0.717, 1.165) is 5.56 Å². The predicted octanol–water partition coefficient (Wildman–Crippen LogP) is 3.36.